The van der Waals surface area contributed by atoms with Crippen molar-refractivity contribution in [2.45, 2.75) is 44.7 Å². The molecule has 9 heteroatoms. The van der Waals surface area contributed by atoms with Gasteiger partial charge in [0.25, 0.3) is 5.91 Å². The number of anilines is 2. The lowest BCUT2D eigenvalue weighted by molar-refractivity contribution is -0.123. The Morgan fingerprint density at radius 1 is 1.07 bits per heavy atom. The second-order valence-corrected chi connectivity index (χ2v) is 10.7. The Hall–Kier alpha value is -4.24. The zero-order valence-electron chi connectivity index (χ0n) is 22.4. The van der Waals surface area contributed by atoms with E-state index in [1.54, 1.807) is 43.5 Å². The van der Waals surface area contributed by atoms with Crippen molar-refractivity contribution in [3.05, 3.63) is 94.6 Å². The maximum absolute atomic E-state index is 14.4. The Labute approximate surface area is 236 Å². The fraction of sp³-hybridized carbons (Fsp3) is 0.258. The maximum Gasteiger partial charge on any atom is 0.273 e. The van der Waals surface area contributed by atoms with Gasteiger partial charge in [0.15, 0.2) is 0 Å². The van der Waals surface area contributed by atoms with Crippen molar-refractivity contribution < 1.29 is 18.7 Å². The smallest absolute Gasteiger partial charge is 0.273 e. The Morgan fingerprint density at radius 2 is 1.77 bits per heavy atom. The van der Waals surface area contributed by atoms with Gasteiger partial charge in [-0.15, -0.1) is 0 Å². The van der Waals surface area contributed by atoms with Gasteiger partial charge < -0.3 is 15.8 Å². The summed E-state index contributed by atoms with van der Waals surface area (Å²) in [4.78, 5) is 30.1. The fourth-order valence-electron chi connectivity index (χ4n) is 5.09. The minimum absolute atomic E-state index is 0.0567. The van der Waals surface area contributed by atoms with Crippen LogP contribution in [0.4, 0.5) is 15.8 Å². The molecule has 1 aliphatic rings. The van der Waals surface area contributed by atoms with E-state index in [-0.39, 0.29) is 28.3 Å². The number of nitrogens with one attached hydrogen (secondary N) is 1. The molecule has 40 heavy (non-hydrogen) atoms. The molecule has 206 valence electrons. The lowest BCUT2D eigenvalue weighted by Gasteiger charge is -2.32. The van der Waals surface area contributed by atoms with E-state index in [2.05, 4.69) is 9.69 Å². The lowest BCUT2D eigenvalue weighted by Crippen LogP contribution is -2.46. The van der Waals surface area contributed by atoms with Gasteiger partial charge in [-0.1, -0.05) is 37.1 Å². The van der Waals surface area contributed by atoms with Gasteiger partial charge in [-0.2, -0.15) is 4.37 Å². The van der Waals surface area contributed by atoms with Crippen molar-refractivity contribution in [3.8, 4) is 17.0 Å². The predicted molar refractivity (Wildman–Crippen MR) is 156 cm³/mol. The molecule has 1 saturated carbocycles. The third-order valence-corrected chi connectivity index (χ3v) is 8.03. The number of ether oxygens (including phenoxy) is 1. The van der Waals surface area contributed by atoms with Crippen LogP contribution in [0.15, 0.2) is 72.8 Å². The number of aryl methyl sites for hydroxylation is 1. The molecule has 1 fully saturated rings. The van der Waals surface area contributed by atoms with Gasteiger partial charge in [-0.05, 0) is 91.0 Å². The number of amides is 2. The molecule has 2 amide bonds. The molecular formula is C31H31FN4O3S. The number of rotatable bonds is 8. The lowest BCUT2D eigenvalue weighted by atomic mass is 10.0. The zero-order valence-corrected chi connectivity index (χ0v) is 23.2. The molecule has 1 atom stereocenters. The highest BCUT2D eigenvalue weighted by Gasteiger charge is 2.37. The van der Waals surface area contributed by atoms with Gasteiger partial charge in [-0.3, -0.25) is 14.5 Å². The monoisotopic (exact) mass is 558 g/mol. The normalized spacial score (nSPS) is 14.1. The van der Waals surface area contributed by atoms with Crippen LogP contribution in [0.1, 0.15) is 52.5 Å². The van der Waals surface area contributed by atoms with Crippen LogP contribution >= 0.6 is 11.5 Å². The van der Waals surface area contributed by atoms with Crippen LogP contribution in [0.3, 0.4) is 0 Å². The van der Waals surface area contributed by atoms with Crippen molar-refractivity contribution in [2.75, 3.05) is 17.7 Å². The van der Waals surface area contributed by atoms with Crippen molar-refractivity contribution in [1.29, 1.82) is 0 Å². The standard InChI is InChI=1S/C31H31FN4O3S/c1-19-6-5-9-24(18-19)36(31(38)29-26(33)27(35-40-29)20-10-14-22(32)15-11-20)28(21-12-16-25(39-2)17-13-21)30(37)34-23-7-3-4-8-23/h5-6,9-18,23,28H,3-4,7-8,33H2,1-2H3,(H,34,37)/t28-/m1/s1. The Bertz CT molecular complexity index is 1500. The summed E-state index contributed by atoms with van der Waals surface area (Å²) < 4.78 is 23.3. The number of nitrogens with two attached hydrogens (primary N) is 1. The van der Waals surface area contributed by atoms with Gasteiger partial charge in [0.05, 0.1) is 12.8 Å². The molecule has 1 aliphatic carbocycles. The number of benzene rings is 3. The minimum atomic E-state index is -0.975. The average Bonchev–Trinajstić information content (AvgIpc) is 3.61. The first-order valence-electron chi connectivity index (χ1n) is 13.2. The van der Waals surface area contributed by atoms with Crippen LogP contribution in [0.25, 0.3) is 11.3 Å². The summed E-state index contributed by atoms with van der Waals surface area (Å²) in [6.07, 6.45) is 3.93. The summed E-state index contributed by atoms with van der Waals surface area (Å²) in [6.45, 7) is 1.93. The van der Waals surface area contributed by atoms with Gasteiger partial charge >= 0.3 is 0 Å². The third-order valence-electron chi connectivity index (χ3n) is 7.18. The van der Waals surface area contributed by atoms with E-state index in [1.807, 2.05) is 31.2 Å². The Kier molecular flexibility index (Phi) is 8.11. The molecule has 0 unspecified atom stereocenters. The van der Waals surface area contributed by atoms with E-state index < -0.39 is 11.9 Å². The maximum atomic E-state index is 14.4. The topological polar surface area (TPSA) is 97.5 Å². The molecule has 4 aromatic rings. The highest BCUT2D eigenvalue weighted by molar-refractivity contribution is 7.09. The number of nitrogen functional groups attached to an aromatic ring is 1. The molecule has 0 bridgehead atoms. The van der Waals surface area contributed by atoms with Gasteiger partial charge in [0, 0.05) is 17.3 Å². The first-order chi connectivity index (χ1) is 19.4. The summed E-state index contributed by atoms with van der Waals surface area (Å²) in [5.41, 5.74) is 9.80. The number of halogens is 1. The largest absolute Gasteiger partial charge is 0.497 e. The fourth-order valence-corrected chi connectivity index (χ4v) is 5.85. The number of hydrogen-bond donors (Lipinski definition) is 2. The molecule has 0 spiro atoms. The SMILES string of the molecule is COc1ccc([C@H](C(=O)NC2CCCC2)N(C(=O)c2snc(-c3ccc(F)cc3)c2N)c2cccc(C)c2)cc1. The third kappa shape index (κ3) is 5.70. The van der Waals surface area contributed by atoms with Crippen LogP contribution in [-0.4, -0.2) is 29.3 Å². The van der Waals surface area contributed by atoms with Crippen molar-refractivity contribution >= 4 is 34.7 Å². The van der Waals surface area contributed by atoms with Gasteiger partial charge in [0.1, 0.15) is 28.2 Å². The van der Waals surface area contributed by atoms with E-state index in [0.29, 0.717) is 28.3 Å². The number of carbonyl (C=O) groups excluding carboxylic acids is 2. The summed E-state index contributed by atoms with van der Waals surface area (Å²) >= 11 is 0.962. The Balaban J connectivity index is 1.61. The van der Waals surface area contributed by atoms with Crippen LogP contribution in [0, 0.1) is 12.7 Å². The molecule has 0 radical (unpaired) electrons. The minimum Gasteiger partial charge on any atom is -0.497 e. The first-order valence-corrected chi connectivity index (χ1v) is 14.0. The number of hydrogen-bond acceptors (Lipinski definition) is 6. The molecule has 3 N–H and O–H groups in total. The Morgan fingerprint density at radius 3 is 2.42 bits per heavy atom. The van der Waals surface area contributed by atoms with E-state index in [1.165, 1.54) is 17.0 Å². The number of carbonyl (C=O) groups is 2. The number of aromatic nitrogens is 1. The summed E-state index contributed by atoms with van der Waals surface area (Å²) in [5, 5.41) is 3.19. The van der Waals surface area contributed by atoms with Crippen LogP contribution < -0.4 is 20.7 Å². The summed E-state index contributed by atoms with van der Waals surface area (Å²) in [7, 11) is 1.58. The average molecular weight is 559 g/mol. The molecule has 7 nitrogen and oxygen atoms in total. The van der Waals surface area contributed by atoms with E-state index in [4.69, 9.17) is 10.5 Å². The van der Waals surface area contributed by atoms with Crippen LogP contribution in [0.5, 0.6) is 5.75 Å². The van der Waals surface area contributed by atoms with Gasteiger partial charge in [0.2, 0.25) is 5.91 Å². The van der Waals surface area contributed by atoms with E-state index >= 15 is 0 Å². The highest BCUT2D eigenvalue weighted by atomic mass is 32.1. The van der Waals surface area contributed by atoms with Crippen molar-refractivity contribution in [1.82, 2.24) is 9.69 Å². The van der Waals surface area contributed by atoms with Crippen LogP contribution in [0.2, 0.25) is 0 Å². The molecule has 1 heterocycles. The van der Waals surface area contributed by atoms with Crippen molar-refractivity contribution in [3.63, 3.8) is 0 Å². The number of methoxy groups -OCH3 is 1. The molecular weight excluding hydrogens is 527 g/mol. The van der Waals surface area contributed by atoms with E-state index in [0.717, 1.165) is 42.8 Å². The summed E-state index contributed by atoms with van der Waals surface area (Å²) in [5.74, 6) is -0.456. The number of nitrogens with zero attached hydrogens (tertiary/aromatic N) is 2. The highest BCUT2D eigenvalue weighted by Crippen LogP contribution is 2.37. The quantitative estimate of drug-likeness (QED) is 0.265. The van der Waals surface area contributed by atoms with Gasteiger partial charge in [-0.25, -0.2) is 4.39 Å². The molecule has 1 aromatic heterocycles. The second-order valence-electron chi connectivity index (χ2n) is 9.96. The van der Waals surface area contributed by atoms with Crippen LogP contribution in [-0.2, 0) is 4.79 Å². The molecule has 0 aliphatic heterocycles. The predicted octanol–water partition coefficient (Wildman–Crippen LogP) is 6.30. The molecule has 0 saturated heterocycles. The van der Waals surface area contributed by atoms with E-state index in [9.17, 15) is 14.0 Å². The summed E-state index contributed by atoms with van der Waals surface area (Å²) in [6, 6.07) is 19.5. The molecule has 3 aromatic carbocycles. The second kappa shape index (κ2) is 11.9. The zero-order chi connectivity index (χ0) is 28.2. The molecule has 5 rings (SSSR count). The van der Waals surface area contributed by atoms with Crippen molar-refractivity contribution in [2.24, 2.45) is 0 Å². The first kappa shape index (κ1) is 27.3.